The molecular weight excluding hydrogens is 953 g/mol. The van der Waals surface area contributed by atoms with Crippen LogP contribution in [0, 0.1) is 57.4 Å². The second-order valence-electron chi connectivity index (χ2n) is 22.1. The molecule has 0 atom stereocenters. The summed E-state index contributed by atoms with van der Waals surface area (Å²) in [5.41, 5.74) is 0.511. The monoisotopic (exact) mass is 1050 g/mol. The average molecular weight is 1050 g/mol. The quantitative estimate of drug-likeness (QED) is 0.115. The van der Waals surface area contributed by atoms with Crippen LogP contribution < -0.4 is 0 Å². The van der Waals surface area contributed by atoms with Crippen molar-refractivity contribution < 1.29 is 44.6 Å². The average Bonchev–Trinajstić information content (AvgIpc) is 3.39. The highest BCUT2D eigenvalue weighted by Crippen LogP contribution is 2.56. The zero-order chi connectivity index (χ0) is 58.0. The molecule has 0 N–H and O–H groups in total. The topological polar surface area (TPSA) is 18.5 Å². The SMILES string of the molecule is CC.CC.CC.CC.CCC1(C)CCC(C)(C)CC1.CCC1(C)OC(C)(C)O1.CCC1(C)c2c(F)c(F)c(F)c(F)c2C(C)(C)c2c(F)c(F)c(F)c(F)c21.CCC1(C)c2ccccc2C(C)(C)c2ccccc21. The molecule has 4 aliphatic rings. The van der Waals surface area contributed by atoms with Gasteiger partial charge >= 0.3 is 0 Å². The van der Waals surface area contributed by atoms with E-state index in [-0.39, 0.29) is 28.8 Å². The second-order valence-corrected chi connectivity index (χ2v) is 22.1. The van der Waals surface area contributed by atoms with Gasteiger partial charge in [-0.2, -0.15) is 0 Å². The van der Waals surface area contributed by atoms with E-state index >= 15 is 0 Å². The Bertz CT molecular complexity index is 2310. The predicted molar refractivity (Wildman–Crippen MR) is 294 cm³/mol. The summed E-state index contributed by atoms with van der Waals surface area (Å²) in [7, 11) is 0. The fourth-order valence-corrected chi connectivity index (χ4v) is 10.8. The minimum atomic E-state index is -2.12. The van der Waals surface area contributed by atoms with Crippen LogP contribution in [0.15, 0.2) is 48.5 Å². The van der Waals surface area contributed by atoms with Gasteiger partial charge in [-0.3, -0.25) is 0 Å². The summed E-state index contributed by atoms with van der Waals surface area (Å²) in [5, 5.41) is 0. The van der Waals surface area contributed by atoms with Gasteiger partial charge in [0.2, 0.25) is 0 Å². The molecule has 1 saturated carbocycles. The Labute approximate surface area is 444 Å². The van der Waals surface area contributed by atoms with Crippen molar-refractivity contribution in [2.24, 2.45) is 10.8 Å². The summed E-state index contributed by atoms with van der Waals surface area (Å²) in [4.78, 5) is 0. The Balaban J connectivity index is 0.000000506. The van der Waals surface area contributed by atoms with Crippen molar-refractivity contribution >= 4 is 0 Å². The van der Waals surface area contributed by atoms with E-state index in [1.165, 1.54) is 61.3 Å². The van der Waals surface area contributed by atoms with Crippen molar-refractivity contribution in [2.45, 2.75) is 251 Å². The molecule has 74 heavy (non-hydrogen) atoms. The van der Waals surface area contributed by atoms with Gasteiger partial charge in [-0.15, -0.1) is 0 Å². The molecule has 0 aromatic heterocycles. The zero-order valence-corrected chi connectivity index (χ0v) is 50.1. The molecule has 0 spiro atoms. The van der Waals surface area contributed by atoms with Crippen molar-refractivity contribution in [3.8, 4) is 0 Å². The molecule has 4 aromatic carbocycles. The Kier molecular flexibility index (Phi) is 24.5. The first-order valence-corrected chi connectivity index (χ1v) is 27.6. The van der Waals surface area contributed by atoms with Crippen LogP contribution in [0.1, 0.15) is 262 Å². The Morgan fingerprint density at radius 3 is 0.905 bits per heavy atom. The third-order valence-corrected chi connectivity index (χ3v) is 15.9. The molecule has 1 heterocycles. The maximum Gasteiger partial charge on any atom is 0.197 e. The van der Waals surface area contributed by atoms with Gasteiger partial charge in [0.05, 0.1) is 0 Å². The fourth-order valence-electron chi connectivity index (χ4n) is 10.8. The highest BCUT2D eigenvalue weighted by Gasteiger charge is 2.53. The molecule has 1 saturated heterocycles. The maximum atomic E-state index is 14.7. The number of ether oxygens (including phenoxy) is 2. The van der Waals surface area contributed by atoms with Crippen LogP contribution in [0.25, 0.3) is 0 Å². The first kappa shape index (κ1) is 68.3. The Morgan fingerprint density at radius 2 is 0.649 bits per heavy atom. The van der Waals surface area contributed by atoms with Gasteiger partial charge in [0.1, 0.15) is 0 Å². The van der Waals surface area contributed by atoms with Crippen LogP contribution >= 0.6 is 0 Å². The minimum Gasteiger partial charge on any atom is -0.319 e. The molecule has 1 aliphatic heterocycles. The second kappa shape index (κ2) is 26.5. The van der Waals surface area contributed by atoms with Crippen molar-refractivity contribution in [3.63, 3.8) is 0 Å². The molecule has 8 rings (SSSR count). The number of hydrogen-bond donors (Lipinski definition) is 0. The predicted octanol–water partition coefficient (Wildman–Crippen LogP) is 21.2. The summed E-state index contributed by atoms with van der Waals surface area (Å²) in [6, 6.07) is 17.9. The van der Waals surface area contributed by atoms with Crippen LogP contribution in [0.3, 0.4) is 0 Å². The molecule has 0 radical (unpaired) electrons. The first-order chi connectivity index (χ1) is 34.3. The van der Waals surface area contributed by atoms with E-state index < -0.39 is 79.6 Å². The van der Waals surface area contributed by atoms with E-state index in [1.54, 1.807) is 0 Å². The summed E-state index contributed by atoms with van der Waals surface area (Å²) in [6.45, 7) is 47.4. The van der Waals surface area contributed by atoms with Crippen molar-refractivity contribution in [2.75, 3.05) is 0 Å². The molecular formula is C64H96F8O2. The summed E-state index contributed by atoms with van der Waals surface area (Å²) in [6.07, 6.45) is 8.89. The van der Waals surface area contributed by atoms with Gasteiger partial charge in [0.25, 0.3) is 0 Å². The highest BCUT2D eigenvalue weighted by atomic mass is 19.2. The summed E-state index contributed by atoms with van der Waals surface area (Å²) in [5.74, 6) is -16.3. The Morgan fingerprint density at radius 1 is 0.351 bits per heavy atom. The lowest BCUT2D eigenvalue weighted by atomic mass is 9.57. The fraction of sp³-hybridized carbons (Fsp3) is 0.625. The Hall–Kier alpha value is -3.76. The van der Waals surface area contributed by atoms with Gasteiger partial charge < -0.3 is 9.47 Å². The van der Waals surface area contributed by atoms with E-state index in [9.17, 15) is 35.1 Å². The van der Waals surface area contributed by atoms with Crippen molar-refractivity contribution in [1.82, 2.24) is 0 Å². The lowest BCUT2D eigenvalue weighted by molar-refractivity contribution is -0.491. The maximum absolute atomic E-state index is 14.7. The minimum absolute atomic E-state index is 0.0991. The van der Waals surface area contributed by atoms with Crippen LogP contribution in [-0.2, 0) is 31.1 Å². The zero-order valence-electron chi connectivity index (χ0n) is 50.1. The van der Waals surface area contributed by atoms with E-state index in [0.717, 1.165) is 33.6 Å². The first-order valence-electron chi connectivity index (χ1n) is 27.6. The highest BCUT2D eigenvalue weighted by molar-refractivity contribution is 5.61. The van der Waals surface area contributed by atoms with E-state index in [1.807, 2.05) is 76.2 Å². The number of rotatable bonds is 4. The lowest BCUT2D eigenvalue weighted by Gasteiger charge is -2.50. The normalized spacial score (nSPS) is 19.0. The van der Waals surface area contributed by atoms with Crippen molar-refractivity contribution in [1.29, 1.82) is 0 Å². The lowest BCUT2D eigenvalue weighted by Crippen LogP contribution is -2.57. The molecule has 4 aromatic rings. The van der Waals surface area contributed by atoms with Gasteiger partial charge in [-0.05, 0) is 98.8 Å². The molecule has 10 heteroatoms. The molecule has 0 unspecified atom stereocenters. The van der Waals surface area contributed by atoms with Crippen molar-refractivity contribution in [3.05, 3.63) is 140 Å². The summed E-state index contributed by atoms with van der Waals surface area (Å²) < 4.78 is 125. The third-order valence-electron chi connectivity index (χ3n) is 15.9. The molecule has 0 bridgehead atoms. The van der Waals surface area contributed by atoms with Crippen LogP contribution in [0.2, 0.25) is 0 Å². The van der Waals surface area contributed by atoms with E-state index in [2.05, 4.69) is 111 Å². The number of fused-ring (bicyclic) bond motifs is 4. The van der Waals surface area contributed by atoms with Gasteiger partial charge in [-0.25, -0.2) is 35.1 Å². The largest absolute Gasteiger partial charge is 0.319 e. The number of benzene rings is 4. The van der Waals surface area contributed by atoms with E-state index in [4.69, 9.17) is 9.47 Å². The molecule has 0 amide bonds. The van der Waals surface area contributed by atoms with Gasteiger partial charge in [0.15, 0.2) is 58.1 Å². The van der Waals surface area contributed by atoms with Crippen LogP contribution in [0.5, 0.6) is 0 Å². The molecule has 2 fully saturated rings. The van der Waals surface area contributed by atoms with E-state index in [0.29, 0.717) is 10.8 Å². The number of hydrogen-bond acceptors (Lipinski definition) is 2. The third kappa shape index (κ3) is 13.3. The standard InChI is InChI=1S/C19H14F8.C19H22.C11H22.C7H14O2.4C2H6/c1-5-19(4)8-6(10(20)14(24)16(26)12(8)22)18(2,3)7-9(19)13(23)17(27)15(25)11(7)21;1-5-19(4)16-12-8-6-10-14(16)18(2,3)15-11-7-9-13-17(15)19;1-5-11(4)8-6-10(2,3)7-9-11;1-5-7(4)8-6(2,3)9-7;4*1-2/h5H2,1-4H3;6-13H,5H2,1-4H3;5-9H2,1-4H3;5H2,1-4H3;4*1-2H3. The van der Waals surface area contributed by atoms with Gasteiger partial charge in [-0.1, -0.05) is 200 Å². The van der Waals surface area contributed by atoms with Crippen LogP contribution in [0.4, 0.5) is 35.1 Å². The molecule has 420 valence electrons. The molecule has 2 nitrogen and oxygen atoms in total. The smallest absolute Gasteiger partial charge is 0.197 e. The van der Waals surface area contributed by atoms with Crippen LogP contribution in [-0.4, -0.2) is 11.6 Å². The summed E-state index contributed by atoms with van der Waals surface area (Å²) >= 11 is 0. The van der Waals surface area contributed by atoms with Gasteiger partial charge in [0, 0.05) is 43.9 Å². The number of halogens is 8. The molecule has 3 aliphatic carbocycles.